The Hall–Kier alpha value is -2.47. The van der Waals surface area contributed by atoms with Crippen LogP contribution in [0.15, 0.2) is 36.4 Å². The molecule has 0 heterocycles. The summed E-state index contributed by atoms with van der Waals surface area (Å²) in [5.74, 6) is -1.57. The highest BCUT2D eigenvalue weighted by Gasteiger charge is 2.18. The van der Waals surface area contributed by atoms with E-state index in [1.165, 1.54) is 6.07 Å². The fourth-order valence-corrected chi connectivity index (χ4v) is 3.17. The molecule has 2 aromatic carbocycles. The van der Waals surface area contributed by atoms with Crippen LogP contribution in [0.25, 0.3) is 0 Å². The molecule has 0 fully saturated rings. The first-order valence-electron chi connectivity index (χ1n) is 9.48. The molecule has 0 saturated heterocycles. The van der Waals surface area contributed by atoms with Crippen LogP contribution in [0.2, 0.25) is 0 Å². The van der Waals surface area contributed by atoms with Crippen molar-refractivity contribution in [3.8, 4) is 0 Å². The zero-order valence-corrected chi connectivity index (χ0v) is 17.1. The van der Waals surface area contributed by atoms with Crippen LogP contribution >= 0.6 is 0 Å². The van der Waals surface area contributed by atoms with Crippen LogP contribution in [0.4, 0.5) is 19.3 Å². The molecule has 28 heavy (non-hydrogen) atoms. The molecule has 0 bridgehead atoms. The number of carbonyl (C=O) groups excluding carboxylic acids is 1. The second kappa shape index (κ2) is 10.2. The van der Waals surface area contributed by atoms with Gasteiger partial charge in [0.05, 0.1) is 0 Å². The minimum absolute atomic E-state index is 0.381. The first kappa shape index (κ1) is 21.8. The summed E-state index contributed by atoms with van der Waals surface area (Å²) in [5.41, 5.74) is 2.81. The molecule has 0 aromatic heterocycles. The number of anilines is 1. The van der Waals surface area contributed by atoms with Crippen LogP contribution in [-0.4, -0.2) is 43.0 Å². The van der Waals surface area contributed by atoms with Gasteiger partial charge in [0.2, 0.25) is 0 Å². The van der Waals surface area contributed by atoms with Crippen molar-refractivity contribution in [3.05, 3.63) is 64.7 Å². The van der Waals surface area contributed by atoms with E-state index < -0.39 is 23.4 Å². The summed E-state index contributed by atoms with van der Waals surface area (Å²) in [4.78, 5) is 16.5. The second-order valence-corrected chi connectivity index (χ2v) is 7.45. The number of halogens is 2. The molecule has 0 atom stereocenters. The maximum atomic E-state index is 13.9. The average Bonchev–Trinajstić information content (AvgIpc) is 2.59. The summed E-state index contributed by atoms with van der Waals surface area (Å²) in [6.07, 6.45) is 1.73. The number of hydrogen-bond donors (Lipinski definition) is 1. The van der Waals surface area contributed by atoms with E-state index in [0.29, 0.717) is 13.1 Å². The van der Waals surface area contributed by atoms with Gasteiger partial charge < -0.3 is 15.1 Å². The van der Waals surface area contributed by atoms with Gasteiger partial charge in [-0.15, -0.1) is 0 Å². The van der Waals surface area contributed by atoms with Crippen molar-refractivity contribution in [1.29, 1.82) is 0 Å². The predicted molar refractivity (Wildman–Crippen MR) is 109 cm³/mol. The molecule has 0 spiro atoms. The molecule has 1 N–H and O–H groups in total. The van der Waals surface area contributed by atoms with E-state index in [4.69, 9.17) is 0 Å². The number of hydrogen-bond acceptors (Lipinski definition) is 2. The van der Waals surface area contributed by atoms with Gasteiger partial charge in [-0.1, -0.05) is 35.4 Å². The quantitative estimate of drug-likeness (QED) is 0.648. The van der Waals surface area contributed by atoms with Crippen molar-refractivity contribution in [2.75, 3.05) is 32.5 Å². The fourth-order valence-electron chi connectivity index (χ4n) is 3.17. The number of carbonyl (C=O) groups is 1. The van der Waals surface area contributed by atoms with E-state index >= 15 is 0 Å². The Morgan fingerprint density at radius 2 is 1.54 bits per heavy atom. The monoisotopic (exact) mass is 389 g/mol. The zero-order chi connectivity index (χ0) is 20.7. The van der Waals surface area contributed by atoms with Crippen molar-refractivity contribution >= 4 is 11.7 Å². The van der Waals surface area contributed by atoms with Crippen molar-refractivity contribution in [1.82, 2.24) is 9.80 Å². The Labute approximate surface area is 166 Å². The Morgan fingerprint density at radius 3 is 2.11 bits per heavy atom. The van der Waals surface area contributed by atoms with Crippen LogP contribution in [0.3, 0.4) is 0 Å². The molecule has 152 valence electrons. The van der Waals surface area contributed by atoms with E-state index in [9.17, 15) is 13.6 Å². The molecular weight excluding hydrogens is 360 g/mol. The Kier molecular flexibility index (Phi) is 7.93. The first-order chi connectivity index (χ1) is 13.3. The van der Waals surface area contributed by atoms with Crippen molar-refractivity contribution in [2.45, 2.75) is 33.2 Å². The summed E-state index contributed by atoms with van der Waals surface area (Å²) in [7, 11) is 4.00. The minimum atomic E-state index is -0.785. The highest BCUT2D eigenvalue weighted by molar-refractivity contribution is 5.89. The van der Waals surface area contributed by atoms with Crippen LogP contribution in [0.1, 0.15) is 29.5 Å². The zero-order valence-electron chi connectivity index (χ0n) is 17.1. The molecule has 6 heteroatoms. The van der Waals surface area contributed by atoms with Gasteiger partial charge in [-0.3, -0.25) is 0 Å². The third kappa shape index (κ3) is 6.60. The highest BCUT2D eigenvalue weighted by atomic mass is 19.1. The predicted octanol–water partition coefficient (Wildman–Crippen LogP) is 4.96. The van der Waals surface area contributed by atoms with Crippen LogP contribution in [0.5, 0.6) is 0 Å². The van der Waals surface area contributed by atoms with Crippen LogP contribution in [0, 0.1) is 25.5 Å². The van der Waals surface area contributed by atoms with Gasteiger partial charge in [0.1, 0.15) is 17.3 Å². The number of benzene rings is 2. The van der Waals surface area contributed by atoms with Gasteiger partial charge in [-0.2, -0.15) is 0 Å². The van der Waals surface area contributed by atoms with Gasteiger partial charge >= 0.3 is 6.03 Å². The number of rotatable bonds is 8. The largest absolute Gasteiger partial charge is 0.322 e. The van der Waals surface area contributed by atoms with Crippen LogP contribution in [-0.2, 0) is 6.54 Å². The summed E-state index contributed by atoms with van der Waals surface area (Å²) in [6.45, 7) is 5.81. The SMILES string of the molecule is Cc1cc(C)cc(CN(CCCCN(C)C)C(=O)Nc2c(F)cccc2F)c1. The maximum Gasteiger partial charge on any atom is 0.322 e. The van der Waals surface area contributed by atoms with E-state index in [1.54, 1.807) is 4.90 Å². The lowest BCUT2D eigenvalue weighted by molar-refractivity contribution is 0.206. The van der Waals surface area contributed by atoms with Crippen LogP contribution < -0.4 is 5.32 Å². The van der Waals surface area contributed by atoms with E-state index in [1.807, 2.05) is 40.1 Å². The molecule has 2 aromatic rings. The highest BCUT2D eigenvalue weighted by Crippen LogP contribution is 2.19. The summed E-state index contributed by atoms with van der Waals surface area (Å²) < 4.78 is 27.8. The Morgan fingerprint density at radius 1 is 0.964 bits per heavy atom. The van der Waals surface area contributed by atoms with Crippen molar-refractivity contribution in [3.63, 3.8) is 0 Å². The molecule has 2 rings (SSSR count). The fraction of sp³-hybridized carbons (Fsp3) is 0.409. The number of urea groups is 1. The number of nitrogens with one attached hydrogen (secondary N) is 1. The molecular formula is C22H29F2N3O. The Bertz CT molecular complexity index is 768. The lowest BCUT2D eigenvalue weighted by Crippen LogP contribution is -2.36. The molecule has 0 aliphatic carbocycles. The number of unbranched alkanes of at least 4 members (excludes halogenated alkanes) is 1. The number of amides is 2. The molecule has 0 aliphatic heterocycles. The van der Waals surface area contributed by atoms with Crippen molar-refractivity contribution in [2.24, 2.45) is 0 Å². The number of aryl methyl sites for hydroxylation is 2. The summed E-state index contributed by atoms with van der Waals surface area (Å²) in [5, 5.41) is 2.40. The summed E-state index contributed by atoms with van der Waals surface area (Å²) in [6, 6.07) is 9.14. The van der Waals surface area contributed by atoms with Crippen molar-refractivity contribution < 1.29 is 13.6 Å². The number of nitrogens with zero attached hydrogens (tertiary/aromatic N) is 2. The van der Waals surface area contributed by atoms with Gasteiger partial charge in [-0.05, 0) is 65.0 Å². The Balaban J connectivity index is 2.15. The normalized spacial score (nSPS) is 11.0. The minimum Gasteiger partial charge on any atom is -0.320 e. The van der Waals surface area contributed by atoms with Gasteiger partial charge in [0.25, 0.3) is 0 Å². The lowest BCUT2D eigenvalue weighted by Gasteiger charge is -2.24. The smallest absolute Gasteiger partial charge is 0.320 e. The maximum absolute atomic E-state index is 13.9. The molecule has 2 amide bonds. The average molecular weight is 389 g/mol. The van der Waals surface area contributed by atoms with E-state index in [-0.39, 0.29) is 0 Å². The molecule has 0 radical (unpaired) electrons. The van der Waals surface area contributed by atoms with E-state index in [2.05, 4.69) is 16.3 Å². The third-order valence-corrected chi connectivity index (χ3v) is 4.42. The molecule has 0 aliphatic rings. The first-order valence-corrected chi connectivity index (χ1v) is 9.48. The topological polar surface area (TPSA) is 35.6 Å². The van der Waals surface area contributed by atoms with Gasteiger partial charge in [0.15, 0.2) is 0 Å². The summed E-state index contributed by atoms with van der Waals surface area (Å²) >= 11 is 0. The van der Waals surface area contributed by atoms with Gasteiger partial charge in [-0.25, -0.2) is 13.6 Å². The number of para-hydroxylation sites is 1. The second-order valence-electron chi connectivity index (χ2n) is 7.45. The molecule has 4 nitrogen and oxygen atoms in total. The standard InChI is InChI=1S/C22H29F2N3O/c1-16-12-17(2)14-18(13-16)15-27(11-6-5-10-26(3)4)22(28)25-21-19(23)8-7-9-20(21)24/h7-9,12-14H,5-6,10-11,15H2,1-4H3,(H,25,28). The lowest BCUT2D eigenvalue weighted by atomic mass is 10.1. The molecule has 0 saturated carbocycles. The van der Waals surface area contributed by atoms with Gasteiger partial charge in [0, 0.05) is 13.1 Å². The van der Waals surface area contributed by atoms with E-state index in [0.717, 1.165) is 48.2 Å². The molecule has 0 unspecified atom stereocenters. The third-order valence-electron chi connectivity index (χ3n) is 4.42.